The molecular weight excluding hydrogens is 386 g/mol. The van der Waals surface area contributed by atoms with Crippen LogP contribution < -0.4 is 5.32 Å². The molecule has 1 aliphatic rings. The monoisotopic (exact) mass is 405 g/mol. The van der Waals surface area contributed by atoms with E-state index in [1.54, 1.807) is 11.8 Å². The summed E-state index contributed by atoms with van der Waals surface area (Å²) in [5, 5.41) is 3.29. The van der Waals surface area contributed by atoms with Crippen molar-refractivity contribution in [2.75, 3.05) is 19.0 Å². The zero-order chi connectivity index (χ0) is 16.8. The molecule has 1 N–H and O–H groups in total. The minimum absolute atomic E-state index is 0.0609. The number of amides is 1. The van der Waals surface area contributed by atoms with Gasteiger partial charge in [-0.2, -0.15) is 0 Å². The number of carbonyl (C=O) groups excluding carboxylic acids is 1. The highest BCUT2D eigenvalue weighted by Crippen LogP contribution is 2.33. The molecule has 3 nitrogen and oxygen atoms in total. The van der Waals surface area contributed by atoms with Gasteiger partial charge in [-0.3, -0.25) is 4.79 Å². The van der Waals surface area contributed by atoms with E-state index in [4.69, 9.17) is 4.74 Å². The molecule has 5 heteroatoms. The Morgan fingerprint density at radius 2 is 1.88 bits per heavy atom. The first kappa shape index (κ1) is 17.5. The van der Waals surface area contributed by atoms with Crippen LogP contribution in [0.2, 0.25) is 0 Å². The summed E-state index contributed by atoms with van der Waals surface area (Å²) in [5.74, 6) is 0.478. The van der Waals surface area contributed by atoms with Crippen LogP contribution in [0.1, 0.15) is 18.4 Å². The van der Waals surface area contributed by atoms with E-state index in [0.29, 0.717) is 19.0 Å². The fraction of sp³-hybridized carbons (Fsp3) is 0.316. The van der Waals surface area contributed by atoms with Crippen molar-refractivity contribution >= 4 is 33.6 Å². The minimum Gasteiger partial charge on any atom is -0.381 e. The van der Waals surface area contributed by atoms with Crippen molar-refractivity contribution in [1.82, 2.24) is 5.32 Å². The summed E-state index contributed by atoms with van der Waals surface area (Å²) in [6.07, 6.45) is 1.59. The van der Waals surface area contributed by atoms with Crippen molar-refractivity contribution in [3.63, 3.8) is 0 Å². The van der Waals surface area contributed by atoms with E-state index < -0.39 is 0 Å². The quantitative estimate of drug-likeness (QED) is 0.750. The number of halogens is 1. The number of benzene rings is 2. The number of ether oxygens (including phenoxy) is 1. The Labute approximate surface area is 155 Å². The summed E-state index contributed by atoms with van der Waals surface area (Å²) in [6.45, 7) is 1.33. The second kappa shape index (κ2) is 8.19. The molecule has 24 heavy (non-hydrogen) atoms. The van der Waals surface area contributed by atoms with Gasteiger partial charge in [0.25, 0.3) is 0 Å². The van der Waals surface area contributed by atoms with Crippen molar-refractivity contribution in [2.24, 2.45) is 0 Å². The molecule has 1 heterocycles. The van der Waals surface area contributed by atoms with Crippen LogP contribution in [0.5, 0.6) is 0 Å². The first-order valence-electron chi connectivity index (χ1n) is 8.01. The van der Waals surface area contributed by atoms with Gasteiger partial charge in [0.15, 0.2) is 0 Å². The highest BCUT2D eigenvalue weighted by atomic mass is 79.9. The van der Waals surface area contributed by atoms with Crippen molar-refractivity contribution in [3.8, 4) is 0 Å². The lowest BCUT2D eigenvalue weighted by molar-refractivity contribution is -0.121. The Bertz CT molecular complexity index is 687. The molecule has 1 fully saturated rings. The summed E-state index contributed by atoms with van der Waals surface area (Å²) < 4.78 is 6.55. The highest BCUT2D eigenvalue weighted by Gasteiger charge is 2.35. The van der Waals surface area contributed by atoms with Gasteiger partial charge in [-0.05, 0) is 42.7 Å². The van der Waals surface area contributed by atoms with Gasteiger partial charge in [0.1, 0.15) is 0 Å². The fourth-order valence-corrected chi connectivity index (χ4v) is 4.08. The number of hydrogen-bond donors (Lipinski definition) is 1. The normalized spacial score (nSPS) is 16.5. The first-order valence-corrected chi connectivity index (χ1v) is 9.78. The summed E-state index contributed by atoms with van der Waals surface area (Å²) in [7, 11) is 0. The van der Waals surface area contributed by atoms with Crippen LogP contribution in [0.3, 0.4) is 0 Å². The van der Waals surface area contributed by atoms with E-state index in [0.717, 1.165) is 27.8 Å². The van der Waals surface area contributed by atoms with Crippen molar-refractivity contribution in [3.05, 3.63) is 64.6 Å². The van der Waals surface area contributed by atoms with E-state index in [1.165, 1.54) is 0 Å². The maximum atomic E-state index is 12.6. The molecule has 0 unspecified atom stereocenters. The van der Waals surface area contributed by atoms with E-state index in [9.17, 15) is 4.79 Å². The third-order valence-electron chi connectivity index (χ3n) is 4.22. The Hall–Kier alpha value is -1.30. The second-order valence-electron chi connectivity index (χ2n) is 5.85. The zero-order valence-corrected chi connectivity index (χ0v) is 15.7. The van der Waals surface area contributed by atoms with Crippen LogP contribution in [0, 0.1) is 0 Å². The number of rotatable bonds is 5. The smallest absolute Gasteiger partial charge is 0.231 e. The van der Waals surface area contributed by atoms with Crippen LogP contribution in [0.25, 0.3) is 0 Å². The summed E-state index contributed by atoms with van der Waals surface area (Å²) >= 11 is 5.09. The molecule has 2 aromatic rings. The van der Waals surface area contributed by atoms with Gasteiger partial charge in [-0.1, -0.05) is 46.3 Å². The van der Waals surface area contributed by atoms with Crippen LogP contribution in [0.15, 0.2) is 64.0 Å². The topological polar surface area (TPSA) is 38.3 Å². The number of nitrogens with one attached hydrogen (secondary N) is 1. The maximum absolute atomic E-state index is 12.6. The second-order valence-corrected chi connectivity index (χ2v) is 7.82. The molecule has 126 valence electrons. The first-order chi connectivity index (χ1) is 11.7. The lowest BCUT2D eigenvalue weighted by Crippen LogP contribution is -2.50. The molecule has 0 saturated carbocycles. The van der Waals surface area contributed by atoms with Crippen LogP contribution in [-0.4, -0.2) is 24.9 Å². The zero-order valence-electron chi connectivity index (χ0n) is 13.3. The predicted molar refractivity (Wildman–Crippen MR) is 101 cm³/mol. The third-order valence-corrected chi connectivity index (χ3v) is 5.72. The van der Waals surface area contributed by atoms with Gasteiger partial charge in [0.05, 0.1) is 11.3 Å². The van der Waals surface area contributed by atoms with E-state index in [-0.39, 0.29) is 11.4 Å². The Balaban J connectivity index is 1.71. The van der Waals surface area contributed by atoms with Crippen molar-refractivity contribution < 1.29 is 9.53 Å². The molecule has 0 spiro atoms. The lowest BCUT2D eigenvalue weighted by Gasteiger charge is -2.38. The van der Waals surface area contributed by atoms with E-state index in [1.807, 2.05) is 42.5 Å². The molecular formula is C19H20BrNO2S. The Morgan fingerprint density at radius 3 is 2.58 bits per heavy atom. The molecule has 0 aromatic heterocycles. The summed E-state index contributed by atoms with van der Waals surface area (Å²) in [6, 6.07) is 18.2. The molecule has 0 bridgehead atoms. The average molecular weight is 406 g/mol. The van der Waals surface area contributed by atoms with Gasteiger partial charge in [0, 0.05) is 22.6 Å². The third kappa shape index (κ3) is 4.41. The highest BCUT2D eigenvalue weighted by molar-refractivity contribution is 9.10. The van der Waals surface area contributed by atoms with Crippen molar-refractivity contribution in [2.45, 2.75) is 23.3 Å². The summed E-state index contributed by atoms with van der Waals surface area (Å²) in [4.78, 5) is 13.7. The van der Waals surface area contributed by atoms with Crippen LogP contribution >= 0.6 is 27.7 Å². The Morgan fingerprint density at radius 1 is 1.12 bits per heavy atom. The van der Waals surface area contributed by atoms with Gasteiger partial charge < -0.3 is 10.1 Å². The van der Waals surface area contributed by atoms with Gasteiger partial charge >= 0.3 is 0 Å². The SMILES string of the molecule is O=C(CSc1ccccc1)NC1(c2cccc(Br)c2)CCOCC1. The maximum Gasteiger partial charge on any atom is 0.231 e. The average Bonchev–Trinajstić information content (AvgIpc) is 2.62. The summed E-state index contributed by atoms with van der Waals surface area (Å²) in [5.41, 5.74) is 0.800. The molecule has 0 aliphatic carbocycles. The largest absolute Gasteiger partial charge is 0.381 e. The van der Waals surface area contributed by atoms with E-state index >= 15 is 0 Å². The molecule has 0 atom stereocenters. The van der Waals surface area contributed by atoms with Crippen LogP contribution in [0.4, 0.5) is 0 Å². The minimum atomic E-state index is -0.337. The van der Waals surface area contributed by atoms with Gasteiger partial charge in [-0.15, -0.1) is 11.8 Å². The number of carbonyl (C=O) groups is 1. The molecule has 1 amide bonds. The molecule has 3 rings (SSSR count). The lowest BCUT2D eigenvalue weighted by atomic mass is 9.82. The predicted octanol–water partition coefficient (Wildman–Crippen LogP) is 4.36. The van der Waals surface area contributed by atoms with Gasteiger partial charge in [0.2, 0.25) is 5.91 Å². The van der Waals surface area contributed by atoms with Crippen molar-refractivity contribution in [1.29, 1.82) is 0 Å². The Kier molecular flexibility index (Phi) is 5.98. The van der Waals surface area contributed by atoms with E-state index in [2.05, 4.69) is 33.4 Å². The standard InChI is InChI=1S/C19H20BrNO2S/c20-16-6-4-5-15(13-16)19(9-11-23-12-10-19)21-18(22)14-24-17-7-2-1-3-8-17/h1-8,13H,9-12,14H2,(H,21,22). The van der Waals surface area contributed by atoms with Crippen LogP contribution in [-0.2, 0) is 15.1 Å². The molecule has 2 aromatic carbocycles. The number of thioether (sulfide) groups is 1. The molecule has 0 radical (unpaired) electrons. The fourth-order valence-electron chi connectivity index (χ4n) is 2.96. The molecule has 1 saturated heterocycles. The van der Waals surface area contributed by atoms with Gasteiger partial charge in [-0.25, -0.2) is 0 Å². The molecule has 1 aliphatic heterocycles. The number of hydrogen-bond acceptors (Lipinski definition) is 3.